The predicted octanol–water partition coefficient (Wildman–Crippen LogP) is 3.19. The molecule has 2 rings (SSSR count). The van der Waals surface area contributed by atoms with Gasteiger partial charge in [-0.15, -0.1) is 10.2 Å². The van der Waals surface area contributed by atoms with Gasteiger partial charge in [0, 0.05) is 10.6 Å². The van der Waals surface area contributed by atoms with E-state index in [1.54, 1.807) is 29.1 Å². The predicted molar refractivity (Wildman–Crippen MR) is 71.3 cm³/mol. The molecule has 4 nitrogen and oxygen atoms in total. The molecule has 1 heterocycles. The van der Waals surface area contributed by atoms with E-state index in [4.69, 9.17) is 23.2 Å². The zero-order valence-electron chi connectivity index (χ0n) is 8.84. The Labute approximate surface area is 113 Å². The Bertz CT molecular complexity index is 553. The fourth-order valence-corrected chi connectivity index (χ4v) is 2.03. The van der Waals surface area contributed by atoms with Crippen LogP contribution in [-0.4, -0.2) is 27.3 Å². The van der Waals surface area contributed by atoms with Crippen LogP contribution in [0.15, 0.2) is 34.8 Å². The number of thioether (sulfide) groups is 1. The van der Waals surface area contributed by atoms with Crippen molar-refractivity contribution in [2.24, 2.45) is 5.10 Å². The molecule has 0 saturated heterocycles. The van der Waals surface area contributed by atoms with Crippen LogP contribution in [0.1, 0.15) is 5.56 Å². The van der Waals surface area contributed by atoms with Crippen LogP contribution in [0, 0.1) is 0 Å². The van der Waals surface area contributed by atoms with Gasteiger partial charge in [0.15, 0.2) is 0 Å². The highest BCUT2D eigenvalue weighted by Gasteiger charge is 2.01. The standard InChI is InChI=1S/C10H8Cl2N4S/c1-17-10-15-13-6-16(10)14-5-7-2-3-8(11)4-9(7)12/h2-6H,1H3. The maximum Gasteiger partial charge on any atom is 0.211 e. The van der Waals surface area contributed by atoms with E-state index in [0.29, 0.717) is 15.2 Å². The molecule has 7 heteroatoms. The van der Waals surface area contributed by atoms with Crippen molar-refractivity contribution >= 4 is 41.2 Å². The molecule has 0 radical (unpaired) electrons. The minimum absolute atomic E-state index is 0.556. The molecular weight excluding hydrogens is 279 g/mol. The maximum atomic E-state index is 6.02. The zero-order chi connectivity index (χ0) is 12.3. The van der Waals surface area contributed by atoms with Gasteiger partial charge in [0.2, 0.25) is 5.16 Å². The second-order valence-corrected chi connectivity index (χ2v) is 4.69. The van der Waals surface area contributed by atoms with Crippen LogP contribution < -0.4 is 0 Å². The Morgan fingerprint density at radius 2 is 2.24 bits per heavy atom. The lowest BCUT2D eigenvalue weighted by Crippen LogP contribution is -1.91. The topological polar surface area (TPSA) is 43.1 Å². The normalized spacial score (nSPS) is 11.2. The van der Waals surface area contributed by atoms with Crippen molar-refractivity contribution in [1.29, 1.82) is 0 Å². The lowest BCUT2D eigenvalue weighted by Gasteiger charge is -1.99. The van der Waals surface area contributed by atoms with E-state index in [1.165, 1.54) is 18.1 Å². The summed E-state index contributed by atoms with van der Waals surface area (Å²) in [6.45, 7) is 0. The van der Waals surface area contributed by atoms with Crippen LogP contribution >= 0.6 is 35.0 Å². The van der Waals surface area contributed by atoms with Crippen LogP contribution in [0.2, 0.25) is 10.0 Å². The average molecular weight is 287 g/mol. The fourth-order valence-electron chi connectivity index (χ4n) is 1.16. The second-order valence-electron chi connectivity index (χ2n) is 3.07. The van der Waals surface area contributed by atoms with Crippen molar-refractivity contribution in [3.63, 3.8) is 0 Å². The van der Waals surface area contributed by atoms with Gasteiger partial charge in [-0.2, -0.15) is 9.78 Å². The summed E-state index contributed by atoms with van der Waals surface area (Å²) in [5.41, 5.74) is 0.789. The Kier molecular flexibility index (Phi) is 4.04. The summed E-state index contributed by atoms with van der Waals surface area (Å²) in [6, 6.07) is 5.24. The highest BCUT2D eigenvalue weighted by atomic mass is 35.5. The summed E-state index contributed by atoms with van der Waals surface area (Å²) < 4.78 is 1.58. The fraction of sp³-hybridized carbons (Fsp3) is 0.100. The van der Waals surface area contributed by atoms with Crippen molar-refractivity contribution in [2.75, 3.05) is 6.26 Å². The highest BCUT2D eigenvalue weighted by Crippen LogP contribution is 2.19. The SMILES string of the molecule is CSc1nncn1N=Cc1ccc(Cl)cc1Cl. The van der Waals surface area contributed by atoms with Gasteiger partial charge in [-0.25, -0.2) is 0 Å². The van der Waals surface area contributed by atoms with Crippen LogP contribution in [0.5, 0.6) is 0 Å². The molecule has 0 fully saturated rings. The third kappa shape index (κ3) is 3.00. The molecule has 0 aliphatic rings. The highest BCUT2D eigenvalue weighted by molar-refractivity contribution is 7.98. The van der Waals surface area contributed by atoms with Crippen molar-refractivity contribution < 1.29 is 0 Å². The largest absolute Gasteiger partial charge is 0.211 e. The Hall–Kier alpha value is -1.04. The summed E-state index contributed by atoms with van der Waals surface area (Å²) in [5.74, 6) is 0. The minimum Gasteiger partial charge on any atom is -0.195 e. The van der Waals surface area contributed by atoms with Crippen LogP contribution in [0.4, 0.5) is 0 Å². The summed E-state index contributed by atoms with van der Waals surface area (Å²) in [5, 5.41) is 13.7. The van der Waals surface area contributed by atoms with Gasteiger partial charge in [-0.1, -0.05) is 41.0 Å². The first-order valence-corrected chi connectivity index (χ1v) is 6.62. The molecule has 0 saturated carbocycles. The van der Waals surface area contributed by atoms with Crippen molar-refractivity contribution in [2.45, 2.75) is 5.16 Å². The molecule has 0 bridgehead atoms. The molecule has 0 aliphatic heterocycles. The van der Waals surface area contributed by atoms with Crippen LogP contribution in [-0.2, 0) is 0 Å². The Balaban J connectivity index is 2.26. The van der Waals surface area contributed by atoms with Gasteiger partial charge in [0.05, 0.1) is 11.2 Å². The third-order valence-corrected chi connectivity index (χ3v) is 3.16. The monoisotopic (exact) mass is 286 g/mol. The summed E-state index contributed by atoms with van der Waals surface area (Å²) >= 11 is 13.3. The van der Waals surface area contributed by atoms with E-state index >= 15 is 0 Å². The summed E-state index contributed by atoms with van der Waals surface area (Å²) in [7, 11) is 0. The minimum atomic E-state index is 0.556. The Morgan fingerprint density at radius 1 is 1.41 bits per heavy atom. The van der Waals surface area contributed by atoms with E-state index in [2.05, 4.69) is 15.3 Å². The van der Waals surface area contributed by atoms with Gasteiger partial charge in [-0.05, 0) is 18.4 Å². The van der Waals surface area contributed by atoms with Crippen molar-refractivity contribution in [1.82, 2.24) is 14.9 Å². The number of rotatable bonds is 3. The first-order valence-electron chi connectivity index (χ1n) is 4.64. The molecule has 0 atom stereocenters. The van der Waals surface area contributed by atoms with Gasteiger partial charge in [-0.3, -0.25) is 0 Å². The van der Waals surface area contributed by atoms with Crippen molar-refractivity contribution in [3.8, 4) is 0 Å². The summed E-state index contributed by atoms with van der Waals surface area (Å²) in [4.78, 5) is 0. The molecule has 0 spiro atoms. The first-order chi connectivity index (χ1) is 8.20. The molecule has 2 aromatic rings. The van der Waals surface area contributed by atoms with E-state index in [9.17, 15) is 0 Å². The average Bonchev–Trinajstić information content (AvgIpc) is 2.75. The van der Waals surface area contributed by atoms with Crippen LogP contribution in [0.3, 0.4) is 0 Å². The quantitative estimate of drug-likeness (QED) is 0.643. The third-order valence-electron chi connectivity index (χ3n) is 1.97. The maximum absolute atomic E-state index is 6.02. The number of nitrogens with zero attached hydrogens (tertiary/aromatic N) is 4. The molecule has 0 amide bonds. The zero-order valence-corrected chi connectivity index (χ0v) is 11.2. The number of halogens is 2. The van der Waals surface area contributed by atoms with E-state index < -0.39 is 0 Å². The number of aromatic nitrogens is 3. The van der Waals surface area contributed by atoms with E-state index in [0.717, 1.165) is 5.56 Å². The lowest BCUT2D eigenvalue weighted by atomic mass is 10.2. The van der Waals surface area contributed by atoms with Gasteiger partial charge < -0.3 is 0 Å². The number of hydrogen-bond donors (Lipinski definition) is 0. The molecule has 1 aromatic carbocycles. The molecule has 0 N–H and O–H groups in total. The molecule has 88 valence electrons. The first kappa shape index (κ1) is 12.4. The smallest absolute Gasteiger partial charge is 0.195 e. The van der Waals surface area contributed by atoms with Crippen LogP contribution in [0.25, 0.3) is 0 Å². The summed E-state index contributed by atoms with van der Waals surface area (Å²) in [6.07, 6.45) is 5.08. The van der Waals surface area contributed by atoms with E-state index in [-0.39, 0.29) is 0 Å². The molecule has 0 unspecified atom stereocenters. The molecule has 0 aliphatic carbocycles. The lowest BCUT2D eigenvalue weighted by molar-refractivity contribution is 0.768. The molecule has 17 heavy (non-hydrogen) atoms. The molecule has 1 aromatic heterocycles. The van der Waals surface area contributed by atoms with Gasteiger partial charge in [0.1, 0.15) is 6.33 Å². The number of hydrogen-bond acceptors (Lipinski definition) is 4. The molecular formula is C10H8Cl2N4S. The Morgan fingerprint density at radius 3 is 2.94 bits per heavy atom. The van der Waals surface area contributed by atoms with Gasteiger partial charge in [0.25, 0.3) is 0 Å². The van der Waals surface area contributed by atoms with Gasteiger partial charge >= 0.3 is 0 Å². The van der Waals surface area contributed by atoms with E-state index in [1.807, 2.05) is 6.26 Å². The second kappa shape index (κ2) is 5.53. The van der Waals surface area contributed by atoms with Crippen molar-refractivity contribution in [3.05, 3.63) is 40.1 Å². The number of benzene rings is 1.